The molecule has 72 valence electrons. The molecule has 0 aliphatic rings. The second-order valence-corrected chi connectivity index (χ2v) is 2.79. The van der Waals surface area contributed by atoms with Crippen LogP contribution < -0.4 is 17.0 Å². The lowest BCUT2D eigenvalue weighted by atomic mass is 10.4. The number of anilines is 2. The van der Waals surface area contributed by atoms with Crippen molar-refractivity contribution in [1.82, 2.24) is 19.5 Å². The minimum absolute atomic E-state index is 0.0259. The molecule has 4 N–H and O–H groups in total. The third-order valence-corrected chi connectivity index (χ3v) is 1.86. The molecule has 0 bridgehead atoms. The summed E-state index contributed by atoms with van der Waals surface area (Å²) in [7, 11) is 1.57. The van der Waals surface area contributed by atoms with E-state index in [1.807, 2.05) is 0 Å². The Balaban J connectivity index is 3.02. The highest BCUT2D eigenvalue weighted by molar-refractivity contribution is 5.81. The van der Waals surface area contributed by atoms with Crippen molar-refractivity contribution in [1.29, 1.82) is 0 Å². The summed E-state index contributed by atoms with van der Waals surface area (Å²) in [4.78, 5) is 22.7. The highest BCUT2D eigenvalue weighted by atomic mass is 16.1. The zero-order valence-corrected chi connectivity index (χ0v) is 7.43. The first kappa shape index (κ1) is 8.42. The molecule has 2 rings (SSSR count). The smallest absolute Gasteiger partial charge is 0.270 e. The lowest BCUT2D eigenvalue weighted by Gasteiger charge is -2.04. The van der Waals surface area contributed by atoms with Crippen LogP contribution in [-0.4, -0.2) is 19.5 Å². The summed E-state index contributed by atoms with van der Waals surface area (Å²) in [5, 5.41) is 0. The lowest BCUT2D eigenvalue weighted by molar-refractivity contribution is 0.871. The van der Waals surface area contributed by atoms with E-state index in [1.54, 1.807) is 7.05 Å². The van der Waals surface area contributed by atoms with Crippen LogP contribution in [0.25, 0.3) is 11.2 Å². The number of fused-ring (bicyclic) bond motifs is 1. The van der Waals surface area contributed by atoms with Crippen molar-refractivity contribution in [3.8, 4) is 0 Å². The van der Waals surface area contributed by atoms with Crippen LogP contribution in [0.5, 0.6) is 0 Å². The maximum Gasteiger partial charge on any atom is 0.270 e. The maximum absolute atomic E-state index is 11.2. The third kappa shape index (κ3) is 1.06. The van der Waals surface area contributed by atoms with Crippen molar-refractivity contribution in [2.24, 2.45) is 7.05 Å². The molecule has 0 radical (unpaired) electrons. The van der Waals surface area contributed by atoms with Crippen LogP contribution in [0.3, 0.4) is 0 Å². The molecule has 0 spiro atoms. The summed E-state index contributed by atoms with van der Waals surface area (Å²) < 4.78 is 1.32. The highest BCUT2D eigenvalue weighted by Gasteiger charge is 2.07. The fourth-order valence-corrected chi connectivity index (χ4v) is 1.15. The highest BCUT2D eigenvalue weighted by Crippen LogP contribution is 2.12. The fraction of sp³-hybridized carbons (Fsp3) is 0.143. The second-order valence-electron chi connectivity index (χ2n) is 2.79. The Morgan fingerprint density at radius 2 is 2.07 bits per heavy atom. The summed E-state index contributed by atoms with van der Waals surface area (Å²) in [6, 6.07) is 0. The quantitative estimate of drug-likeness (QED) is 0.547. The van der Waals surface area contributed by atoms with Gasteiger partial charge in [0, 0.05) is 7.05 Å². The average molecular weight is 192 g/mol. The van der Waals surface area contributed by atoms with Gasteiger partial charge in [0.2, 0.25) is 5.95 Å². The predicted octanol–water partition coefficient (Wildman–Crippen LogP) is -1.11. The zero-order chi connectivity index (χ0) is 10.3. The van der Waals surface area contributed by atoms with Crippen LogP contribution in [-0.2, 0) is 7.05 Å². The molecular weight excluding hydrogens is 184 g/mol. The van der Waals surface area contributed by atoms with Gasteiger partial charge >= 0.3 is 0 Å². The molecule has 0 aliphatic carbocycles. The minimum atomic E-state index is -0.269. The standard InChI is InChI=1S/C7H8N6O/c1-13-3(14)2-10-4-5(8)11-7(9)12-6(4)13/h2H,1H3,(H4,8,9,11,12). The number of hydrogen-bond donors (Lipinski definition) is 2. The molecule has 0 saturated carbocycles. The molecule has 0 atom stereocenters. The van der Waals surface area contributed by atoms with E-state index in [4.69, 9.17) is 11.5 Å². The van der Waals surface area contributed by atoms with Gasteiger partial charge in [0.1, 0.15) is 5.52 Å². The molecule has 0 aliphatic heterocycles. The largest absolute Gasteiger partial charge is 0.382 e. The predicted molar refractivity (Wildman–Crippen MR) is 51.4 cm³/mol. The Morgan fingerprint density at radius 1 is 1.36 bits per heavy atom. The molecule has 2 aromatic rings. The van der Waals surface area contributed by atoms with Crippen molar-refractivity contribution in [3.63, 3.8) is 0 Å². The summed E-state index contributed by atoms with van der Waals surface area (Å²) in [6.07, 6.45) is 1.16. The number of aryl methyl sites for hydroxylation is 1. The Kier molecular flexibility index (Phi) is 1.60. The van der Waals surface area contributed by atoms with E-state index < -0.39 is 0 Å². The van der Waals surface area contributed by atoms with E-state index in [9.17, 15) is 4.79 Å². The molecule has 0 unspecified atom stereocenters. The Hall–Kier alpha value is -2.18. The first-order valence-electron chi connectivity index (χ1n) is 3.84. The maximum atomic E-state index is 11.2. The van der Waals surface area contributed by atoms with E-state index in [1.165, 1.54) is 4.57 Å². The fourth-order valence-electron chi connectivity index (χ4n) is 1.15. The molecule has 0 fully saturated rings. The van der Waals surface area contributed by atoms with Crippen molar-refractivity contribution >= 4 is 22.9 Å². The van der Waals surface area contributed by atoms with E-state index >= 15 is 0 Å². The molecular formula is C7H8N6O. The SMILES string of the molecule is Cn1c(=O)cnc2c(N)nc(N)nc21. The number of hydrogen-bond acceptors (Lipinski definition) is 6. The zero-order valence-electron chi connectivity index (χ0n) is 7.43. The van der Waals surface area contributed by atoms with E-state index in [0.717, 1.165) is 6.20 Å². The molecule has 7 heteroatoms. The summed E-state index contributed by atoms with van der Waals surface area (Å²) in [5.74, 6) is 0.195. The molecule has 14 heavy (non-hydrogen) atoms. The van der Waals surface area contributed by atoms with Gasteiger partial charge in [0.05, 0.1) is 6.20 Å². The van der Waals surface area contributed by atoms with Crippen LogP contribution in [0.2, 0.25) is 0 Å². The first-order chi connectivity index (χ1) is 6.59. The Bertz CT molecular complexity index is 560. The van der Waals surface area contributed by atoms with Gasteiger partial charge in [-0.3, -0.25) is 9.36 Å². The lowest BCUT2D eigenvalue weighted by Crippen LogP contribution is -2.19. The van der Waals surface area contributed by atoms with Gasteiger partial charge in [-0.05, 0) is 0 Å². The number of aromatic nitrogens is 4. The van der Waals surface area contributed by atoms with Crippen LogP contribution in [0.15, 0.2) is 11.0 Å². The Morgan fingerprint density at radius 3 is 2.79 bits per heavy atom. The minimum Gasteiger partial charge on any atom is -0.382 e. The van der Waals surface area contributed by atoms with E-state index in [2.05, 4.69) is 15.0 Å². The van der Waals surface area contributed by atoms with Gasteiger partial charge in [0.15, 0.2) is 11.5 Å². The van der Waals surface area contributed by atoms with Crippen molar-refractivity contribution < 1.29 is 0 Å². The topological polar surface area (TPSA) is 113 Å². The van der Waals surface area contributed by atoms with Gasteiger partial charge < -0.3 is 11.5 Å². The van der Waals surface area contributed by atoms with Gasteiger partial charge in [-0.15, -0.1) is 0 Å². The van der Waals surface area contributed by atoms with Crippen molar-refractivity contribution in [2.75, 3.05) is 11.5 Å². The third-order valence-electron chi connectivity index (χ3n) is 1.86. The van der Waals surface area contributed by atoms with E-state index in [-0.39, 0.29) is 17.3 Å². The number of nitrogens with two attached hydrogens (primary N) is 2. The van der Waals surface area contributed by atoms with Gasteiger partial charge in [-0.1, -0.05) is 0 Å². The second kappa shape index (κ2) is 2.66. The number of rotatable bonds is 0. The summed E-state index contributed by atoms with van der Waals surface area (Å²) in [6.45, 7) is 0. The summed E-state index contributed by atoms with van der Waals surface area (Å²) >= 11 is 0. The number of nitrogen functional groups attached to an aromatic ring is 2. The molecule has 2 heterocycles. The van der Waals surface area contributed by atoms with Crippen molar-refractivity contribution in [3.05, 3.63) is 16.6 Å². The normalized spacial score (nSPS) is 10.6. The van der Waals surface area contributed by atoms with Crippen molar-refractivity contribution in [2.45, 2.75) is 0 Å². The molecule has 0 amide bonds. The van der Waals surface area contributed by atoms with E-state index in [0.29, 0.717) is 11.2 Å². The molecule has 2 aromatic heterocycles. The first-order valence-corrected chi connectivity index (χ1v) is 3.84. The Labute approximate surface area is 78.4 Å². The molecule has 7 nitrogen and oxygen atoms in total. The van der Waals surface area contributed by atoms with Crippen LogP contribution in [0.4, 0.5) is 11.8 Å². The van der Waals surface area contributed by atoms with Crippen LogP contribution >= 0.6 is 0 Å². The molecule has 0 aromatic carbocycles. The van der Waals surface area contributed by atoms with Crippen LogP contribution in [0, 0.1) is 0 Å². The van der Waals surface area contributed by atoms with Gasteiger partial charge in [-0.2, -0.15) is 9.97 Å². The van der Waals surface area contributed by atoms with Gasteiger partial charge in [-0.25, -0.2) is 4.98 Å². The van der Waals surface area contributed by atoms with Gasteiger partial charge in [0.25, 0.3) is 5.56 Å². The van der Waals surface area contributed by atoms with Crippen LogP contribution in [0.1, 0.15) is 0 Å². The molecule has 0 saturated heterocycles. The number of nitrogens with zero attached hydrogens (tertiary/aromatic N) is 4. The monoisotopic (exact) mass is 192 g/mol. The summed E-state index contributed by atoms with van der Waals surface area (Å²) in [5.41, 5.74) is 11.4. The average Bonchev–Trinajstić information content (AvgIpc) is 2.12.